The minimum Gasteiger partial charge on any atom is -0.481 e. The van der Waals surface area contributed by atoms with Crippen molar-refractivity contribution in [3.8, 4) is 30.2 Å². The molecular weight excluding hydrogens is 272 g/mol. The van der Waals surface area contributed by atoms with Crippen molar-refractivity contribution in [3.63, 3.8) is 0 Å². The number of ether oxygens (including phenoxy) is 1. The number of allylic oxidation sites excluding steroid dienone is 1. The molecule has 0 N–H and O–H groups in total. The lowest BCUT2D eigenvalue weighted by Crippen LogP contribution is -1.93. The Balaban J connectivity index is 2.35. The van der Waals surface area contributed by atoms with Crippen LogP contribution in [-0.4, -0.2) is 6.61 Å². The topological polar surface area (TPSA) is 56.8 Å². The lowest BCUT2D eigenvalue weighted by molar-refractivity contribution is 0.370. The van der Waals surface area contributed by atoms with Crippen molar-refractivity contribution in [3.05, 3.63) is 65.2 Å². The van der Waals surface area contributed by atoms with E-state index in [1.54, 1.807) is 36.4 Å². The molecule has 3 heteroatoms. The van der Waals surface area contributed by atoms with E-state index in [9.17, 15) is 5.26 Å². The fourth-order valence-corrected chi connectivity index (χ4v) is 1.92. The van der Waals surface area contributed by atoms with E-state index in [0.717, 1.165) is 5.56 Å². The number of nitriles is 2. The maximum Gasteiger partial charge on any atom is 0.148 e. The molecule has 0 amide bonds. The van der Waals surface area contributed by atoms with Crippen molar-refractivity contribution in [2.45, 2.75) is 0 Å². The highest BCUT2D eigenvalue weighted by molar-refractivity contribution is 5.90. The molecule has 0 unspecified atom stereocenters. The molecule has 0 saturated heterocycles. The molecule has 0 spiro atoms. The van der Waals surface area contributed by atoms with Crippen LogP contribution < -0.4 is 4.74 Å². The van der Waals surface area contributed by atoms with Crippen molar-refractivity contribution >= 4 is 11.6 Å². The van der Waals surface area contributed by atoms with Crippen LogP contribution in [-0.2, 0) is 0 Å². The SMILES string of the molecule is C#CCOc1cccc(C=C(C#N)c2cccc(C#N)c2)c1. The predicted molar refractivity (Wildman–Crippen MR) is 85.4 cm³/mol. The first-order valence-electron chi connectivity index (χ1n) is 6.55. The Hall–Kier alpha value is -3.48. The molecule has 2 aromatic carbocycles. The van der Waals surface area contributed by atoms with Gasteiger partial charge in [-0.3, -0.25) is 0 Å². The average molecular weight is 284 g/mol. The monoisotopic (exact) mass is 284 g/mol. The molecule has 22 heavy (non-hydrogen) atoms. The van der Waals surface area contributed by atoms with Crippen LogP contribution >= 0.6 is 0 Å². The van der Waals surface area contributed by atoms with Crippen molar-refractivity contribution in [1.29, 1.82) is 10.5 Å². The van der Waals surface area contributed by atoms with E-state index in [-0.39, 0.29) is 6.61 Å². The first-order valence-corrected chi connectivity index (χ1v) is 6.55. The van der Waals surface area contributed by atoms with Crippen LogP contribution in [0.1, 0.15) is 16.7 Å². The summed E-state index contributed by atoms with van der Waals surface area (Å²) in [6.07, 6.45) is 6.91. The van der Waals surface area contributed by atoms with Crippen LogP contribution in [0.2, 0.25) is 0 Å². The number of terminal acetylenes is 1. The Labute approximate surface area is 129 Å². The van der Waals surface area contributed by atoms with Crippen LogP contribution in [0.15, 0.2) is 48.5 Å². The fraction of sp³-hybridized carbons (Fsp3) is 0.0526. The zero-order valence-corrected chi connectivity index (χ0v) is 11.8. The lowest BCUT2D eigenvalue weighted by Gasteiger charge is -2.04. The van der Waals surface area contributed by atoms with Crippen LogP contribution in [0.5, 0.6) is 5.75 Å². The summed E-state index contributed by atoms with van der Waals surface area (Å²) in [5, 5.41) is 18.3. The van der Waals surface area contributed by atoms with Gasteiger partial charge >= 0.3 is 0 Å². The van der Waals surface area contributed by atoms with Crippen LogP contribution in [0, 0.1) is 35.0 Å². The molecule has 2 aromatic rings. The highest BCUT2D eigenvalue weighted by atomic mass is 16.5. The van der Waals surface area contributed by atoms with Gasteiger partial charge in [-0.15, -0.1) is 6.42 Å². The third-order valence-corrected chi connectivity index (χ3v) is 2.91. The summed E-state index contributed by atoms with van der Waals surface area (Å²) >= 11 is 0. The number of benzene rings is 2. The van der Waals surface area contributed by atoms with Gasteiger partial charge in [0, 0.05) is 0 Å². The van der Waals surface area contributed by atoms with Gasteiger partial charge in [-0.2, -0.15) is 10.5 Å². The molecule has 0 fully saturated rings. The minimum atomic E-state index is 0.197. The highest BCUT2D eigenvalue weighted by Gasteiger charge is 2.03. The first kappa shape index (κ1) is 14.9. The van der Waals surface area contributed by atoms with E-state index in [1.807, 2.05) is 18.2 Å². The number of nitrogens with zero attached hydrogens (tertiary/aromatic N) is 2. The minimum absolute atomic E-state index is 0.197. The van der Waals surface area contributed by atoms with Crippen molar-refractivity contribution in [2.75, 3.05) is 6.61 Å². The standard InChI is InChI=1S/C19H12N2O/c1-2-9-22-19-8-4-5-15(12-19)10-18(14-21)17-7-3-6-16(11-17)13-20/h1,3-8,10-12H,9H2. The quantitative estimate of drug-likeness (QED) is 0.489. The Morgan fingerprint density at radius 1 is 1.14 bits per heavy atom. The zero-order valence-electron chi connectivity index (χ0n) is 11.8. The third kappa shape index (κ3) is 3.76. The molecule has 0 bridgehead atoms. The molecule has 0 radical (unpaired) electrons. The molecular formula is C19H12N2O. The molecule has 0 aliphatic heterocycles. The third-order valence-electron chi connectivity index (χ3n) is 2.91. The summed E-state index contributed by atoms with van der Waals surface area (Å²) in [5.74, 6) is 3.05. The number of hydrogen-bond acceptors (Lipinski definition) is 3. The normalized spacial score (nSPS) is 10.1. The molecule has 0 saturated carbocycles. The van der Waals surface area contributed by atoms with Gasteiger partial charge in [0.15, 0.2) is 0 Å². The molecule has 3 nitrogen and oxygen atoms in total. The van der Waals surface area contributed by atoms with E-state index in [0.29, 0.717) is 22.4 Å². The van der Waals surface area contributed by atoms with Crippen LogP contribution in [0.3, 0.4) is 0 Å². The largest absolute Gasteiger partial charge is 0.481 e. The summed E-state index contributed by atoms with van der Waals surface area (Å²) in [5.41, 5.74) is 2.53. The maximum absolute atomic E-state index is 9.36. The maximum atomic E-state index is 9.36. The van der Waals surface area contributed by atoms with Gasteiger partial charge in [-0.1, -0.05) is 30.2 Å². The lowest BCUT2D eigenvalue weighted by atomic mass is 10.0. The molecule has 0 aliphatic rings. The molecule has 0 heterocycles. The van der Waals surface area contributed by atoms with Crippen LogP contribution in [0.4, 0.5) is 0 Å². The molecule has 0 aliphatic carbocycles. The highest BCUT2D eigenvalue weighted by Crippen LogP contribution is 2.21. The van der Waals surface area contributed by atoms with Gasteiger partial charge in [-0.25, -0.2) is 0 Å². The fourth-order valence-electron chi connectivity index (χ4n) is 1.92. The van der Waals surface area contributed by atoms with E-state index >= 15 is 0 Å². The molecule has 0 atom stereocenters. The summed E-state index contributed by atoms with van der Waals surface area (Å²) < 4.78 is 5.36. The summed E-state index contributed by atoms with van der Waals surface area (Å²) in [4.78, 5) is 0. The van der Waals surface area contributed by atoms with E-state index in [1.165, 1.54) is 0 Å². The van der Waals surface area contributed by atoms with Crippen molar-refractivity contribution in [2.24, 2.45) is 0 Å². The summed E-state index contributed by atoms with van der Waals surface area (Å²) in [6.45, 7) is 0.197. The van der Waals surface area contributed by atoms with Gasteiger partial charge in [0.05, 0.1) is 23.3 Å². The van der Waals surface area contributed by atoms with E-state index < -0.39 is 0 Å². The Morgan fingerprint density at radius 2 is 1.95 bits per heavy atom. The second-order valence-electron chi connectivity index (χ2n) is 4.43. The Kier molecular flexibility index (Phi) is 4.98. The molecule has 2 rings (SSSR count). The molecule has 104 valence electrons. The Bertz CT molecular complexity index is 829. The number of hydrogen-bond donors (Lipinski definition) is 0. The van der Waals surface area contributed by atoms with Crippen molar-refractivity contribution < 1.29 is 4.74 Å². The average Bonchev–Trinajstić information content (AvgIpc) is 2.58. The van der Waals surface area contributed by atoms with Gasteiger partial charge in [0.2, 0.25) is 0 Å². The second-order valence-corrected chi connectivity index (χ2v) is 4.43. The van der Waals surface area contributed by atoms with Crippen LogP contribution in [0.25, 0.3) is 11.6 Å². The van der Waals surface area contributed by atoms with E-state index in [4.69, 9.17) is 16.4 Å². The van der Waals surface area contributed by atoms with E-state index in [2.05, 4.69) is 18.1 Å². The van der Waals surface area contributed by atoms with Gasteiger partial charge < -0.3 is 4.74 Å². The van der Waals surface area contributed by atoms with Crippen molar-refractivity contribution in [1.82, 2.24) is 0 Å². The smallest absolute Gasteiger partial charge is 0.148 e. The van der Waals surface area contributed by atoms with Gasteiger partial charge in [0.1, 0.15) is 12.4 Å². The number of rotatable bonds is 4. The predicted octanol–water partition coefficient (Wildman–Crippen LogP) is 3.63. The zero-order chi connectivity index (χ0) is 15.8. The second kappa shape index (κ2) is 7.34. The first-order chi connectivity index (χ1) is 10.8. The van der Waals surface area contributed by atoms with Gasteiger partial charge in [0.25, 0.3) is 0 Å². The summed E-state index contributed by atoms with van der Waals surface area (Å²) in [6, 6.07) is 18.5. The summed E-state index contributed by atoms with van der Waals surface area (Å²) in [7, 11) is 0. The molecule has 0 aromatic heterocycles. The van der Waals surface area contributed by atoms with Gasteiger partial charge in [-0.05, 0) is 41.5 Å². The Morgan fingerprint density at radius 3 is 2.68 bits per heavy atom.